The number of carbonyl (C=O) groups is 1. The van der Waals surface area contributed by atoms with Gasteiger partial charge in [0.25, 0.3) is 5.91 Å². The van der Waals surface area contributed by atoms with E-state index in [4.69, 9.17) is 11.6 Å². The van der Waals surface area contributed by atoms with Gasteiger partial charge >= 0.3 is 0 Å². The third-order valence-corrected chi connectivity index (χ3v) is 3.61. The second-order valence-corrected chi connectivity index (χ2v) is 4.94. The van der Waals surface area contributed by atoms with Crippen LogP contribution >= 0.6 is 11.6 Å². The lowest BCUT2D eigenvalue weighted by Gasteiger charge is -2.17. The van der Waals surface area contributed by atoms with Crippen LogP contribution in [0.1, 0.15) is 27.5 Å². The van der Waals surface area contributed by atoms with Gasteiger partial charge in [-0.05, 0) is 30.2 Å². The van der Waals surface area contributed by atoms with Gasteiger partial charge in [0.2, 0.25) is 0 Å². The van der Waals surface area contributed by atoms with Gasteiger partial charge in [0.05, 0.1) is 12.6 Å². The molecule has 20 heavy (non-hydrogen) atoms. The van der Waals surface area contributed by atoms with E-state index in [1.54, 1.807) is 25.1 Å². The molecular formula is C16H16ClNO2. The van der Waals surface area contributed by atoms with E-state index >= 15 is 0 Å². The topological polar surface area (TPSA) is 49.3 Å². The number of aliphatic hydroxyl groups is 1. The zero-order chi connectivity index (χ0) is 14.5. The van der Waals surface area contributed by atoms with E-state index in [0.717, 1.165) is 11.1 Å². The normalized spacial score (nSPS) is 11.9. The molecular weight excluding hydrogens is 274 g/mol. The molecule has 0 unspecified atom stereocenters. The van der Waals surface area contributed by atoms with Crippen molar-refractivity contribution < 1.29 is 9.90 Å². The highest BCUT2D eigenvalue weighted by Gasteiger charge is 2.16. The number of rotatable bonds is 4. The number of halogens is 1. The summed E-state index contributed by atoms with van der Waals surface area (Å²) in [4.78, 5) is 12.3. The molecule has 3 nitrogen and oxygen atoms in total. The third kappa shape index (κ3) is 3.18. The first-order chi connectivity index (χ1) is 9.63. The molecule has 2 aromatic carbocycles. The predicted octanol–water partition coefficient (Wildman–Crippen LogP) is 3.11. The smallest absolute Gasteiger partial charge is 0.252 e. The van der Waals surface area contributed by atoms with Crippen LogP contribution in [-0.2, 0) is 0 Å². The molecule has 2 rings (SSSR count). The van der Waals surface area contributed by atoms with Crippen molar-refractivity contribution in [3.05, 3.63) is 70.2 Å². The Kier molecular flexibility index (Phi) is 4.77. The molecule has 0 saturated carbocycles. The van der Waals surface area contributed by atoms with Crippen molar-refractivity contribution in [2.75, 3.05) is 6.61 Å². The van der Waals surface area contributed by atoms with Crippen molar-refractivity contribution in [3.63, 3.8) is 0 Å². The van der Waals surface area contributed by atoms with E-state index in [1.165, 1.54) is 0 Å². The Morgan fingerprint density at radius 3 is 2.55 bits per heavy atom. The first-order valence-corrected chi connectivity index (χ1v) is 6.73. The standard InChI is InChI=1S/C16H16ClNO2/c1-11-13(8-5-9-14(11)17)16(20)18-15(10-19)12-6-3-2-4-7-12/h2-9,15,19H,10H2,1H3,(H,18,20)/t15-/m1/s1. The van der Waals surface area contributed by atoms with Gasteiger partial charge in [-0.1, -0.05) is 48.0 Å². The Morgan fingerprint density at radius 2 is 1.90 bits per heavy atom. The van der Waals surface area contributed by atoms with Gasteiger partial charge in [-0.2, -0.15) is 0 Å². The second-order valence-electron chi connectivity index (χ2n) is 4.53. The molecule has 0 radical (unpaired) electrons. The summed E-state index contributed by atoms with van der Waals surface area (Å²) in [5.41, 5.74) is 2.12. The Balaban J connectivity index is 2.20. The Morgan fingerprint density at radius 1 is 1.20 bits per heavy atom. The SMILES string of the molecule is Cc1c(Cl)cccc1C(=O)N[C@H](CO)c1ccccc1. The van der Waals surface area contributed by atoms with Crippen LogP contribution in [0.5, 0.6) is 0 Å². The summed E-state index contributed by atoms with van der Waals surface area (Å²) in [5.74, 6) is -0.243. The Labute approximate surface area is 123 Å². The van der Waals surface area contributed by atoms with Crippen molar-refractivity contribution in [3.8, 4) is 0 Å². The number of carbonyl (C=O) groups excluding carboxylic acids is 1. The summed E-state index contributed by atoms with van der Waals surface area (Å²) in [7, 11) is 0. The lowest BCUT2D eigenvalue weighted by molar-refractivity contribution is 0.0915. The van der Waals surface area contributed by atoms with Gasteiger partial charge in [0.1, 0.15) is 0 Å². The maximum absolute atomic E-state index is 12.3. The van der Waals surface area contributed by atoms with Crippen molar-refractivity contribution >= 4 is 17.5 Å². The molecule has 4 heteroatoms. The largest absolute Gasteiger partial charge is 0.394 e. The number of hydrogen-bond acceptors (Lipinski definition) is 2. The van der Waals surface area contributed by atoms with Gasteiger partial charge in [-0.15, -0.1) is 0 Å². The molecule has 104 valence electrons. The van der Waals surface area contributed by atoms with E-state index in [0.29, 0.717) is 10.6 Å². The van der Waals surface area contributed by atoms with E-state index in [-0.39, 0.29) is 12.5 Å². The van der Waals surface area contributed by atoms with Crippen LogP contribution in [0.4, 0.5) is 0 Å². The van der Waals surface area contributed by atoms with Crippen LogP contribution in [0.25, 0.3) is 0 Å². The van der Waals surface area contributed by atoms with Crippen LogP contribution in [0, 0.1) is 6.92 Å². The van der Waals surface area contributed by atoms with E-state index in [1.807, 2.05) is 30.3 Å². The highest BCUT2D eigenvalue weighted by atomic mass is 35.5. The summed E-state index contributed by atoms with van der Waals surface area (Å²) in [5, 5.41) is 12.8. The summed E-state index contributed by atoms with van der Waals surface area (Å²) in [6, 6.07) is 14.1. The minimum absolute atomic E-state index is 0.157. The minimum Gasteiger partial charge on any atom is -0.394 e. The quantitative estimate of drug-likeness (QED) is 0.908. The van der Waals surface area contributed by atoms with Gasteiger partial charge < -0.3 is 10.4 Å². The van der Waals surface area contributed by atoms with Gasteiger partial charge in [-0.25, -0.2) is 0 Å². The number of benzene rings is 2. The fraction of sp³-hybridized carbons (Fsp3) is 0.188. The minimum atomic E-state index is -0.429. The average molecular weight is 290 g/mol. The van der Waals surface area contributed by atoms with Gasteiger partial charge in [0, 0.05) is 10.6 Å². The van der Waals surface area contributed by atoms with Crippen molar-refractivity contribution in [2.45, 2.75) is 13.0 Å². The van der Waals surface area contributed by atoms with Crippen LogP contribution < -0.4 is 5.32 Å². The third-order valence-electron chi connectivity index (χ3n) is 3.20. The summed E-state index contributed by atoms with van der Waals surface area (Å²) >= 11 is 6.02. The van der Waals surface area contributed by atoms with Crippen molar-refractivity contribution in [2.24, 2.45) is 0 Å². The maximum atomic E-state index is 12.3. The highest BCUT2D eigenvalue weighted by molar-refractivity contribution is 6.31. The van der Waals surface area contributed by atoms with Crippen molar-refractivity contribution in [1.29, 1.82) is 0 Å². The molecule has 0 aliphatic carbocycles. The molecule has 2 aromatic rings. The van der Waals surface area contributed by atoms with Crippen LogP contribution in [0.2, 0.25) is 5.02 Å². The van der Waals surface area contributed by atoms with Gasteiger partial charge in [0.15, 0.2) is 0 Å². The fourth-order valence-corrected chi connectivity index (χ4v) is 2.18. The summed E-state index contributed by atoms with van der Waals surface area (Å²) in [6.07, 6.45) is 0. The first kappa shape index (κ1) is 14.6. The van der Waals surface area contributed by atoms with E-state index < -0.39 is 6.04 Å². The zero-order valence-electron chi connectivity index (χ0n) is 11.1. The molecule has 0 heterocycles. The lowest BCUT2D eigenvalue weighted by Crippen LogP contribution is -2.31. The van der Waals surface area contributed by atoms with Crippen LogP contribution in [0.3, 0.4) is 0 Å². The molecule has 0 aliphatic rings. The number of aliphatic hydroxyl groups excluding tert-OH is 1. The maximum Gasteiger partial charge on any atom is 0.252 e. The molecule has 0 saturated heterocycles. The summed E-state index contributed by atoms with van der Waals surface area (Å²) in [6.45, 7) is 1.64. The number of hydrogen-bond donors (Lipinski definition) is 2. The predicted molar refractivity (Wildman–Crippen MR) is 79.9 cm³/mol. The highest BCUT2D eigenvalue weighted by Crippen LogP contribution is 2.20. The molecule has 0 fully saturated rings. The lowest BCUT2D eigenvalue weighted by atomic mass is 10.1. The molecule has 2 N–H and O–H groups in total. The van der Waals surface area contributed by atoms with Crippen molar-refractivity contribution in [1.82, 2.24) is 5.32 Å². The van der Waals surface area contributed by atoms with Gasteiger partial charge in [-0.3, -0.25) is 4.79 Å². The number of amides is 1. The fourth-order valence-electron chi connectivity index (χ4n) is 2.01. The second kappa shape index (κ2) is 6.55. The molecule has 0 aliphatic heterocycles. The monoisotopic (exact) mass is 289 g/mol. The Hall–Kier alpha value is -1.84. The first-order valence-electron chi connectivity index (χ1n) is 6.35. The molecule has 1 amide bonds. The average Bonchev–Trinajstić information content (AvgIpc) is 2.48. The van der Waals surface area contributed by atoms with Crippen LogP contribution in [-0.4, -0.2) is 17.6 Å². The molecule has 0 spiro atoms. The van der Waals surface area contributed by atoms with Crippen LogP contribution in [0.15, 0.2) is 48.5 Å². The molecule has 0 aromatic heterocycles. The molecule has 1 atom stereocenters. The van der Waals surface area contributed by atoms with E-state index in [2.05, 4.69) is 5.32 Å². The molecule has 0 bridgehead atoms. The van der Waals surface area contributed by atoms with E-state index in [9.17, 15) is 9.90 Å². The Bertz CT molecular complexity index is 599. The number of nitrogens with one attached hydrogen (secondary N) is 1. The zero-order valence-corrected chi connectivity index (χ0v) is 11.9. The summed E-state index contributed by atoms with van der Waals surface area (Å²) < 4.78 is 0.